The molecule has 86 valence electrons. The maximum atomic E-state index is 6.22. The second-order valence-electron chi connectivity index (χ2n) is 3.81. The molecule has 0 fully saturated rings. The lowest BCUT2D eigenvalue weighted by Gasteiger charge is -1.99. The highest BCUT2D eigenvalue weighted by molar-refractivity contribution is 7.18. The molecular formula is C12H9ClN2OS. The number of rotatable bonds is 1. The Morgan fingerprint density at radius 3 is 2.82 bits per heavy atom. The Balaban J connectivity index is 2.32. The van der Waals surface area contributed by atoms with E-state index in [1.165, 1.54) is 4.88 Å². The smallest absolute Gasteiger partial charge is 0.165 e. The summed E-state index contributed by atoms with van der Waals surface area (Å²) in [6.45, 7) is 4.11. The average Bonchev–Trinajstić information content (AvgIpc) is 2.88. The number of aromatic nitrogens is 2. The summed E-state index contributed by atoms with van der Waals surface area (Å²) in [5.41, 5.74) is 2.01. The SMILES string of the molecule is Cc1sc2nc(-c3ccoc3)nc(Cl)c2c1C. The van der Waals surface area contributed by atoms with Gasteiger partial charge < -0.3 is 4.42 Å². The highest BCUT2D eigenvalue weighted by atomic mass is 35.5. The molecule has 0 aliphatic heterocycles. The van der Waals surface area contributed by atoms with E-state index in [9.17, 15) is 0 Å². The second kappa shape index (κ2) is 3.82. The van der Waals surface area contributed by atoms with Crippen LogP contribution in [0, 0.1) is 13.8 Å². The Kier molecular flexibility index (Phi) is 2.42. The number of furan rings is 1. The Bertz CT molecular complexity index is 688. The van der Waals surface area contributed by atoms with Crippen LogP contribution in [0.4, 0.5) is 0 Å². The molecule has 0 bridgehead atoms. The van der Waals surface area contributed by atoms with Gasteiger partial charge in [-0.15, -0.1) is 11.3 Å². The van der Waals surface area contributed by atoms with Crippen molar-refractivity contribution in [3.05, 3.63) is 34.2 Å². The number of thiophene rings is 1. The molecule has 0 unspecified atom stereocenters. The average molecular weight is 265 g/mol. The van der Waals surface area contributed by atoms with Gasteiger partial charge in [-0.1, -0.05) is 11.6 Å². The first-order valence-corrected chi connectivity index (χ1v) is 6.32. The van der Waals surface area contributed by atoms with Crippen molar-refractivity contribution in [2.75, 3.05) is 0 Å². The lowest BCUT2D eigenvalue weighted by atomic mass is 10.2. The molecular weight excluding hydrogens is 256 g/mol. The van der Waals surface area contributed by atoms with E-state index in [2.05, 4.69) is 16.9 Å². The topological polar surface area (TPSA) is 38.9 Å². The fourth-order valence-corrected chi connectivity index (χ4v) is 3.12. The van der Waals surface area contributed by atoms with E-state index in [0.29, 0.717) is 11.0 Å². The Morgan fingerprint density at radius 1 is 1.29 bits per heavy atom. The number of hydrogen-bond acceptors (Lipinski definition) is 4. The Morgan fingerprint density at radius 2 is 2.12 bits per heavy atom. The second-order valence-corrected chi connectivity index (χ2v) is 5.37. The molecule has 0 atom stereocenters. The van der Waals surface area contributed by atoms with Crippen LogP contribution in [0.2, 0.25) is 5.15 Å². The van der Waals surface area contributed by atoms with Crippen LogP contribution in [0.3, 0.4) is 0 Å². The molecule has 0 saturated carbocycles. The number of hydrogen-bond donors (Lipinski definition) is 0. The first-order valence-electron chi connectivity index (χ1n) is 5.12. The summed E-state index contributed by atoms with van der Waals surface area (Å²) in [4.78, 5) is 11.0. The first-order chi connectivity index (χ1) is 8.16. The van der Waals surface area contributed by atoms with Crippen LogP contribution >= 0.6 is 22.9 Å². The van der Waals surface area contributed by atoms with Gasteiger partial charge in [-0.25, -0.2) is 9.97 Å². The fraction of sp³-hybridized carbons (Fsp3) is 0.167. The van der Waals surface area contributed by atoms with E-state index >= 15 is 0 Å². The zero-order valence-corrected chi connectivity index (χ0v) is 10.9. The van der Waals surface area contributed by atoms with E-state index in [1.807, 2.05) is 13.0 Å². The molecule has 17 heavy (non-hydrogen) atoms. The lowest BCUT2D eigenvalue weighted by molar-refractivity contribution is 0.568. The van der Waals surface area contributed by atoms with Crippen LogP contribution in [0.5, 0.6) is 0 Å². The highest BCUT2D eigenvalue weighted by Gasteiger charge is 2.14. The van der Waals surface area contributed by atoms with E-state index in [-0.39, 0.29) is 0 Å². The third-order valence-electron chi connectivity index (χ3n) is 2.76. The van der Waals surface area contributed by atoms with Crippen molar-refractivity contribution in [3.63, 3.8) is 0 Å². The molecule has 0 aromatic carbocycles. The van der Waals surface area contributed by atoms with Crippen molar-refractivity contribution in [2.45, 2.75) is 13.8 Å². The molecule has 3 rings (SSSR count). The minimum Gasteiger partial charge on any atom is -0.472 e. The molecule has 0 radical (unpaired) electrons. The van der Waals surface area contributed by atoms with Gasteiger partial charge in [-0.2, -0.15) is 0 Å². The minimum atomic E-state index is 0.507. The standard InChI is InChI=1S/C12H9ClN2OS/c1-6-7(2)17-12-9(6)10(13)14-11(15-12)8-3-4-16-5-8/h3-5H,1-2H3. The monoisotopic (exact) mass is 264 g/mol. The normalized spacial score (nSPS) is 11.2. The number of fused-ring (bicyclic) bond motifs is 1. The molecule has 0 aliphatic carbocycles. The summed E-state index contributed by atoms with van der Waals surface area (Å²) in [6.07, 6.45) is 3.21. The highest BCUT2D eigenvalue weighted by Crippen LogP contribution is 2.34. The summed E-state index contributed by atoms with van der Waals surface area (Å²) < 4.78 is 5.03. The summed E-state index contributed by atoms with van der Waals surface area (Å²) in [7, 11) is 0. The van der Waals surface area contributed by atoms with Gasteiger partial charge in [-0.05, 0) is 25.5 Å². The van der Waals surface area contributed by atoms with Gasteiger partial charge in [-0.3, -0.25) is 0 Å². The molecule has 3 nitrogen and oxygen atoms in total. The van der Waals surface area contributed by atoms with Crippen LogP contribution in [0.1, 0.15) is 10.4 Å². The van der Waals surface area contributed by atoms with Gasteiger partial charge in [0.05, 0.1) is 17.2 Å². The maximum absolute atomic E-state index is 6.22. The van der Waals surface area contributed by atoms with Gasteiger partial charge >= 0.3 is 0 Å². The van der Waals surface area contributed by atoms with Gasteiger partial charge in [0, 0.05) is 4.88 Å². The Labute approximate surface area is 107 Å². The van der Waals surface area contributed by atoms with Crippen molar-refractivity contribution < 1.29 is 4.42 Å². The zero-order valence-electron chi connectivity index (χ0n) is 9.32. The summed E-state index contributed by atoms with van der Waals surface area (Å²) >= 11 is 7.86. The van der Waals surface area contributed by atoms with Crippen LogP contribution in [0.15, 0.2) is 23.0 Å². The maximum Gasteiger partial charge on any atom is 0.165 e. The summed E-state index contributed by atoms with van der Waals surface area (Å²) in [5.74, 6) is 0.609. The summed E-state index contributed by atoms with van der Waals surface area (Å²) in [6, 6.07) is 1.82. The van der Waals surface area contributed by atoms with Crippen molar-refractivity contribution in [3.8, 4) is 11.4 Å². The number of nitrogens with zero attached hydrogens (tertiary/aromatic N) is 2. The van der Waals surface area contributed by atoms with Crippen molar-refractivity contribution in [1.82, 2.24) is 9.97 Å². The third-order valence-corrected chi connectivity index (χ3v) is 4.14. The van der Waals surface area contributed by atoms with Gasteiger partial charge in [0.2, 0.25) is 0 Å². The van der Waals surface area contributed by atoms with Gasteiger partial charge in [0.1, 0.15) is 16.2 Å². The van der Waals surface area contributed by atoms with E-state index in [1.54, 1.807) is 23.9 Å². The van der Waals surface area contributed by atoms with E-state index in [4.69, 9.17) is 16.0 Å². The molecule has 0 aliphatic rings. The zero-order chi connectivity index (χ0) is 12.0. The van der Waals surface area contributed by atoms with Crippen LogP contribution in [-0.2, 0) is 0 Å². The largest absolute Gasteiger partial charge is 0.472 e. The minimum absolute atomic E-state index is 0.507. The molecule has 3 aromatic rings. The predicted octanol–water partition coefficient (Wildman–Crippen LogP) is 4.22. The van der Waals surface area contributed by atoms with Crippen LogP contribution in [-0.4, -0.2) is 9.97 Å². The summed E-state index contributed by atoms with van der Waals surface area (Å²) in [5, 5.41) is 1.47. The molecule has 5 heteroatoms. The molecule has 0 spiro atoms. The number of aryl methyl sites for hydroxylation is 2. The predicted molar refractivity (Wildman–Crippen MR) is 69.6 cm³/mol. The lowest BCUT2D eigenvalue weighted by Crippen LogP contribution is -1.88. The molecule has 0 saturated heterocycles. The molecule has 3 aromatic heterocycles. The van der Waals surface area contributed by atoms with E-state index < -0.39 is 0 Å². The van der Waals surface area contributed by atoms with Crippen LogP contribution in [0.25, 0.3) is 21.6 Å². The van der Waals surface area contributed by atoms with Crippen molar-refractivity contribution in [1.29, 1.82) is 0 Å². The molecule has 3 heterocycles. The van der Waals surface area contributed by atoms with Crippen molar-refractivity contribution in [2.24, 2.45) is 0 Å². The van der Waals surface area contributed by atoms with Crippen molar-refractivity contribution >= 4 is 33.2 Å². The molecule has 0 amide bonds. The number of halogens is 1. The van der Waals surface area contributed by atoms with Gasteiger partial charge in [0.25, 0.3) is 0 Å². The van der Waals surface area contributed by atoms with Gasteiger partial charge in [0.15, 0.2) is 5.82 Å². The third kappa shape index (κ3) is 1.64. The quantitative estimate of drug-likeness (QED) is 0.618. The molecule has 0 N–H and O–H groups in total. The first kappa shape index (κ1) is 10.7. The fourth-order valence-electron chi connectivity index (χ4n) is 1.72. The van der Waals surface area contributed by atoms with E-state index in [0.717, 1.165) is 21.3 Å². The Hall–Kier alpha value is -1.39. The van der Waals surface area contributed by atoms with Crippen LogP contribution < -0.4 is 0 Å².